The number of aliphatic imine (C=N–C) groups is 1. The summed E-state index contributed by atoms with van der Waals surface area (Å²) in [6.45, 7) is 4.19. The molecular weight excluding hydrogens is 274 g/mol. The van der Waals surface area contributed by atoms with Gasteiger partial charge in [-0.25, -0.2) is 0 Å². The van der Waals surface area contributed by atoms with Crippen molar-refractivity contribution in [3.8, 4) is 5.75 Å². The van der Waals surface area contributed by atoms with Crippen LogP contribution in [0, 0.1) is 5.92 Å². The number of methoxy groups -OCH3 is 1. The maximum Gasteiger partial charge on any atom is 0.194 e. The molecular formula is C18H25N3O. The van der Waals surface area contributed by atoms with Gasteiger partial charge in [-0.3, -0.25) is 4.99 Å². The molecule has 4 heteroatoms. The fraction of sp³-hybridized carbons (Fsp3) is 0.500. The minimum absolute atomic E-state index is 0.613. The van der Waals surface area contributed by atoms with Crippen molar-refractivity contribution in [2.24, 2.45) is 10.9 Å². The SMILES string of the molecule is CN=C(NC1CC1C)N1CC=C(c2cccc(OC)c2)CC1. The molecule has 0 bridgehead atoms. The van der Waals surface area contributed by atoms with E-state index in [0.717, 1.165) is 37.1 Å². The number of benzene rings is 1. The van der Waals surface area contributed by atoms with Crippen LogP contribution < -0.4 is 10.1 Å². The lowest BCUT2D eigenvalue weighted by molar-refractivity contribution is 0.414. The maximum absolute atomic E-state index is 5.32. The fourth-order valence-electron chi connectivity index (χ4n) is 2.93. The molecule has 2 aliphatic rings. The second kappa shape index (κ2) is 6.42. The van der Waals surface area contributed by atoms with Crippen LogP contribution in [-0.2, 0) is 0 Å². The van der Waals surface area contributed by atoms with Crippen molar-refractivity contribution < 1.29 is 4.74 Å². The van der Waals surface area contributed by atoms with E-state index in [2.05, 4.69) is 46.4 Å². The zero-order chi connectivity index (χ0) is 15.5. The lowest BCUT2D eigenvalue weighted by atomic mass is 9.99. The van der Waals surface area contributed by atoms with Gasteiger partial charge in [-0.05, 0) is 42.0 Å². The number of rotatable bonds is 3. The predicted octanol–water partition coefficient (Wildman–Crippen LogP) is 2.77. The average molecular weight is 299 g/mol. The molecule has 3 rings (SSSR count). The Morgan fingerprint density at radius 3 is 2.82 bits per heavy atom. The lowest BCUT2D eigenvalue weighted by Crippen LogP contribution is -2.44. The molecule has 4 nitrogen and oxygen atoms in total. The molecule has 0 radical (unpaired) electrons. The van der Waals surface area contributed by atoms with Crippen LogP contribution in [0.1, 0.15) is 25.3 Å². The Hall–Kier alpha value is -1.97. The molecule has 0 spiro atoms. The predicted molar refractivity (Wildman–Crippen MR) is 91.2 cm³/mol. The molecule has 22 heavy (non-hydrogen) atoms. The second-order valence-corrected chi connectivity index (χ2v) is 6.17. The molecule has 0 aromatic heterocycles. The Morgan fingerprint density at radius 1 is 1.41 bits per heavy atom. The highest BCUT2D eigenvalue weighted by Gasteiger charge is 2.34. The van der Waals surface area contributed by atoms with Crippen molar-refractivity contribution >= 4 is 11.5 Å². The summed E-state index contributed by atoms with van der Waals surface area (Å²) < 4.78 is 5.32. The molecule has 2 unspecified atom stereocenters. The molecule has 1 aliphatic carbocycles. The Bertz CT molecular complexity index is 594. The number of hydrogen-bond acceptors (Lipinski definition) is 2. The van der Waals surface area contributed by atoms with E-state index >= 15 is 0 Å². The molecule has 2 atom stereocenters. The zero-order valence-corrected chi connectivity index (χ0v) is 13.7. The molecule has 1 heterocycles. The highest BCUT2D eigenvalue weighted by atomic mass is 16.5. The number of guanidine groups is 1. The van der Waals surface area contributed by atoms with Crippen molar-refractivity contribution in [3.05, 3.63) is 35.9 Å². The maximum atomic E-state index is 5.32. The minimum atomic E-state index is 0.613. The third-order valence-corrected chi connectivity index (χ3v) is 4.58. The first-order valence-corrected chi connectivity index (χ1v) is 8.03. The van der Waals surface area contributed by atoms with Crippen molar-refractivity contribution in [1.82, 2.24) is 10.2 Å². The highest BCUT2D eigenvalue weighted by molar-refractivity contribution is 5.82. The summed E-state index contributed by atoms with van der Waals surface area (Å²) in [4.78, 5) is 6.76. The van der Waals surface area contributed by atoms with Gasteiger partial charge in [0.05, 0.1) is 7.11 Å². The van der Waals surface area contributed by atoms with Gasteiger partial charge in [0.25, 0.3) is 0 Å². The molecule has 0 saturated heterocycles. The summed E-state index contributed by atoms with van der Waals surface area (Å²) in [5.41, 5.74) is 2.66. The Morgan fingerprint density at radius 2 is 2.23 bits per heavy atom. The lowest BCUT2D eigenvalue weighted by Gasteiger charge is -2.30. The van der Waals surface area contributed by atoms with E-state index in [4.69, 9.17) is 4.74 Å². The summed E-state index contributed by atoms with van der Waals surface area (Å²) in [5.74, 6) is 2.74. The van der Waals surface area contributed by atoms with Gasteiger partial charge in [-0.15, -0.1) is 0 Å². The van der Waals surface area contributed by atoms with E-state index in [1.165, 1.54) is 17.6 Å². The minimum Gasteiger partial charge on any atom is -0.497 e. The molecule has 118 valence electrons. The van der Waals surface area contributed by atoms with Crippen LogP contribution in [0.4, 0.5) is 0 Å². The van der Waals surface area contributed by atoms with E-state index in [9.17, 15) is 0 Å². The summed E-state index contributed by atoms with van der Waals surface area (Å²) >= 11 is 0. The number of hydrogen-bond donors (Lipinski definition) is 1. The van der Waals surface area contributed by atoms with Crippen molar-refractivity contribution in [2.45, 2.75) is 25.8 Å². The summed E-state index contributed by atoms with van der Waals surface area (Å²) in [6.07, 6.45) is 4.60. The van der Waals surface area contributed by atoms with Crippen LogP contribution in [0.2, 0.25) is 0 Å². The van der Waals surface area contributed by atoms with Gasteiger partial charge in [0.2, 0.25) is 0 Å². The van der Waals surface area contributed by atoms with Crippen molar-refractivity contribution in [3.63, 3.8) is 0 Å². The largest absolute Gasteiger partial charge is 0.497 e. The molecule has 1 saturated carbocycles. The van der Waals surface area contributed by atoms with Gasteiger partial charge in [0.15, 0.2) is 5.96 Å². The molecule has 1 fully saturated rings. The number of ether oxygens (including phenoxy) is 1. The Balaban J connectivity index is 1.65. The highest BCUT2D eigenvalue weighted by Crippen LogP contribution is 2.30. The fourth-order valence-corrected chi connectivity index (χ4v) is 2.93. The molecule has 0 amide bonds. The topological polar surface area (TPSA) is 36.9 Å². The first-order chi connectivity index (χ1) is 10.7. The van der Waals surface area contributed by atoms with E-state index in [1.807, 2.05) is 13.1 Å². The van der Waals surface area contributed by atoms with E-state index in [0.29, 0.717) is 6.04 Å². The van der Waals surface area contributed by atoms with Gasteiger partial charge >= 0.3 is 0 Å². The Kier molecular flexibility index (Phi) is 4.36. The van der Waals surface area contributed by atoms with Crippen molar-refractivity contribution in [2.75, 3.05) is 27.2 Å². The number of nitrogens with zero attached hydrogens (tertiary/aromatic N) is 2. The van der Waals surface area contributed by atoms with E-state index in [-0.39, 0.29) is 0 Å². The van der Waals surface area contributed by atoms with Gasteiger partial charge < -0.3 is 15.0 Å². The third kappa shape index (κ3) is 3.26. The molecule has 1 N–H and O–H groups in total. The Labute approximate surface area is 132 Å². The quantitative estimate of drug-likeness (QED) is 0.689. The standard InChI is InChI=1S/C18H25N3O/c1-13-11-17(13)20-18(19-2)21-9-7-14(8-10-21)15-5-4-6-16(12-15)22-3/h4-7,12-13,17H,8-11H2,1-3H3,(H,19,20). The van der Waals surface area contributed by atoms with Crippen LogP contribution >= 0.6 is 0 Å². The van der Waals surface area contributed by atoms with E-state index in [1.54, 1.807) is 7.11 Å². The average Bonchev–Trinajstić information content (AvgIpc) is 3.28. The third-order valence-electron chi connectivity index (χ3n) is 4.58. The smallest absolute Gasteiger partial charge is 0.194 e. The summed E-state index contributed by atoms with van der Waals surface area (Å²) in [5, 5.41) is 3.56. The van der Waals surface area contributed by atoms with Crippen LogP contribution in [0.3, 0.4) is 0 Å². The van der Waals surface area contributed by atoms with Crippen LogP contribution in [0.15, 0.2) is 35.3 Å². The zero-order valence-electron chi connectivity index (χ0n) is 13.7. The van der Waals surface area contributed by atoms with Crippen LogP contribution in [-0.4, -0.2) is 44.1 Å². The van der Waals surface area contributed by atoms with Crippen LogP contribution in [0.25, 0.3) is 5.57 Å². The first-order valence-electron chi connectivity index (χ1n) is 8.03. The van der Waals surface area contributed by atoms with Crippen molar-refractivity contribution in [1.29, 1.82) is 0 Å². The van der Waals surface area contributed by atoms with Crippen LogP contribution in [0.5, 0.6) is 5.75 Å². The van der Waals surface area contributed by atoms with E-state index < -0.39 is 0 Å². The van der Waals surface area contributed by atoms with Gasteiger partial charge in [0, 0.05) is 26.2 Å². The monoisotopic (exact) mass is 299 g/mol. The molecule has 1 aromatic carbocycles. The molecule has 1 aliphatic heterocycles. The summed E-state index contributed by atoms with van der Waals surface area (Å²) in [6, 6.07) is 8.92. The molecule has 1 aromatic rings. The number of nitrogens with one attached hydrogen (secondary N) is 1. The second-order valence-electron chi connectivity index (χ2n) is 6.17. The normalized spacial score (nSPS) is 24.8. The van der Waals surface area contributed by atoms with Gasteiger partial charge in [0.1, 0.15) is 5.75 Å². The first kappa shape index (κ1) is 14.9. The van der Waals surface area contributed by atoms with Gasteiger partial charge in [-0.2, -0.15) is 0 Å². The van der Waals surface area contributed by atoms with Gasteiger partial charge in [-0.1, -0.05) is 25.1 Å². The summed E-state index contributed by atoms with van der Waals surface area (Å²) in [7, 11) is 3.58.